The van der Waals surface area contributed by atoms with Crippen molar-refractivity contribution in [2.75, 3.05) is 6.54 Å². The van der Waals surface area contributed by atoms with Crippen LogP contribution in [0.25, 0.3) is 0 Å². The Morgan fingerprint density at radius 1 is 1.41 bits per heavy atom. The third-order valence-electron chi connectivity index (χ3n) is 2.15. The van der Waals surface area contributed by atoms with Crippen LogP contribution in [0.4, 0.5) is 0 Å². The van der Waals surface area contributed by atoms with Gasteiger partial charge in [0, 0.05) is 17.4 Å². The molecule has 0 saturated carbocycles. The van der Waals surface area contributed by atoms with Gasteiger partial charge in [0.2, 0.25) is 5.89 Å². The van der Waals surface area contributed by atoms with E-state index in [1.54, 1.807) is 6.07 Å². The standard InChI is InChI=1S/C11H10BrN3O2/c12-9-4-2-1-3-8(9)11(16)13-6-5-10-14-7-15-17-10/h1-4,7H,5-6H2,(H,13,16). The van der Waals surface area contributed by atoms with Crippen molar-refractivity contribution in [3.8, 4) is 0 Å². The average molecular weight is 296 g/mol. The molecule has 17 heavy (non-hydrogen) atoms. The van der Waals surface area contributed by atoms with Crippen LogP contribution in [0, 0.1) is 0 Å². The molecule has 0 saturated heterocycles. The van der Waals surface area contributed by atoms with Crippen molar-refractivity contribution in [2.45, 2.75) is 6.42 Å². The average Bonchev–Trinajstić information content (AvgIpc) is 2.82. The lowest BCUT2D eigenvalue weighted by molar-refractivity contribution is 0.0952. The van der Waals surface area contributed by atoms with Crippen LogP contribution in [0.5, 0.6) is 0 Å². The van der Waals surface area contributed by atoms with E-state index in [1.165, 1.54) is 6.33 Å². The second kappa shape index (κ2) is 5.58. The number of rotatable bonds is 4. The van der Waals surface area contributed by atoms with E-state index in [0.717, 1.165) is 4.47 Å². The molecule has 1 amide bonds. The van der Waals surface area contributed by atoms with Crippen LogP contribution in [0.2, 0.25) is 0 Å². The number of nitrogens with one attached hydrogen (secondary N) is 1. The van der Waals surface area contributed by atoms with Crippen molar-refractivity contribution in [1.29, 1.82) is 0 Å². The van der Waals surface area contributed by atoms with E-state index in [-0.39, 0.29) is 5.91 Å². The minimum absolute atomic E-state index is 0.128. The Morgan fingerprint density at radius 3 is 2.94 bits per heavy atom. The fourth-order valence-electron chi connectivity index (χ4n) is 1.33. The zero-order chi connectivity index (χ0) is 12.1. The Morgan fingerprint density at radius 2 is 2.24 bits per heavy atom. The summed E-state index contributed by atoms with van der Waals surface area (Å²) in [5, 5.41) is 6.27. The fourth-order valence-corrected chi connectivity index (χ4v) is 1.79. The summed E-state index contributed by atoms with van der Waals surface area (Å²) in [5.74, 6) is 0.384. The summed E-state index contributed by atoms with van der Waals surface area (Å²) in [6.45, 7) is 0.461. The van der Waals surface area contributed by atoms with Crippen LogP contribution in [0.3, 0.4) is 0 Å². The lowest BCUT2D eigenvalue weighted by Gasteiger charge is -2.04. The minimum atomic E-state index is -0.128. The molecule has 1 aromatic heterocycles. The molecular formula is C11H10BrN3O2. The van der Waals surface area contributed by atoms with Gasteiger partial charge in [0.25, 0.3) is 5.91 Å². The molecule has 1 heterocycles. The number of hydrogen-bond donors (Lipinski definition) is 1. The first-order chi connectivity index (χ1) is 8.27. The molecule has 0 bridgehead atoms. The highest BCUT2D eigenvalue weighted by Gasteiger charge is 2.08. The maximum absolute atomic E-state index is 11.8. The lowest BCUT2D eigenvalue weighted by Crippen LogP contribution is -2.26. The maximum atomic E-state index is 11.8. The third-order valence-corrected chi connectivity index (χ3v) is 2.84. The van der Waals surface area contributed by atoms with E-state index in [0.29, 0.717) is 24.4 Å². The molecule has 0 unspecified atom stereocenters. The molecule has 0 aliphatic carbocycles. The highest BCUT2D eigenvalue weighted by Crippen LogP contribution is 2.15. The van der Waals surface area contributed by atoms with Gasteiger partial charge >= 0.3 is 0 Å². The number of hydrogen-bond acceptors (Lipinski definition) is 4. The van der Waals surface area contributed by atoms with E-state index < -0.39 is 0 Å². The summed E-state index contributed by atoms with van der Waals surface area (Å²) in [7, 11) is 0. The Labute approximate surface area is 106 Å². The van der Waals surface area contributed by atoms with Gasteiger partial charge in [-0.05, 0) is 28.1 Å². The van der Waals surface area contributed by atoms with Gasteiger partial charge in [0.15, 0.2) is 6.33 Å². The minimum Gasteiger partial charge on any atom is -0.351 e. The van der Waals surface area contributed by atoms with Crippen LogP contribution in [0.15, 0.2) is 39.6 Å². The number of halogens is 1. The fraction of sp³-hybridized carbons (Fsp3) is 0.182. The number of nitrogens with zero attached hydrogens (tertiary/aromatic N) is 2. The number of carbonyl (C=O) groups is 1. The predicted octanol–water partition coefficient (Wildman–Crippen LogP) is 1.80. The molecule has 5 nitrogen and oxygen atoms in total. The number of benzene rings is 1. The van der Waals surface area contributed by atoms with Crippen LogP contribution < -0.4 is 5.32 Å². The van der Waals surface area contributed by atoms with E-state index in [4.69, 9.17) is 4.52 Å². The zero-order valence-electron chi connectivity index (χ0n) is 8.89. The molecule has 0 atom stereocenters. The molecule has 0 spiro atoms. The van der Waals surface area contributed by atoms with Crippen molar-refractivity contribution in [2.24, 2.45) is 0 Å². The van der Waals surface area contributed by atoms with Gasteiger partial charge in [0.1, 0.15) is 0 Å². The van der Waals surface area contributed by atoms with E-state index in [2.05, 4.69) is 31.4 Å². The molecule has 0 radical (unpaired) electrons. The maximum Gasteiger partial charge on any atom is 0.252 e. The van der Waals surface area contributed by atoms with Gasteiger partial charge in [-0.15, -0.1) is 0 Å². The summed E-state index contributed by atoms with van der Waals surface area (Å²) >= 11 is 3.33. The molecule has 1 N–H and O–H groups in total. The Balaban J connectivity index is 1.88. The van der Waals surface area contributed by atoms with Gasteiger partial charge in [-0.2, -0.15) is 4.98 Å². The number of carbonyl (C=O) groups excluding carboxylic acids is 1. The molecule has 2 aromatic rings. The highest BCUT2D eigenvalue weighted by molar-refractivity contribution is 9.10. The highest BCUT2D eigenvalue weighted by atomic mass is 79.9. The van der Waals surface area contributed by atoms with Gasteiger partial charge in [-0.1, -0.05) is 17.3 Å². The van der Waals surface area contributed by atoms with E-state index in [1.807, 2.05) is 18.2 Å². The van der Waals surface area contributed by atoms with Crippen molar-refractivity contribution in [3.05, 3.63) is 46.5 Å². The van der Waals surface area contributed by atoms with Crippen LogP contribution in [0.1, 0.15) is 16.2 Å². The van der Waals surface area contributed by atoms with Crippen molar-refractivity contribution < 1.29 is 9.32 Å². The van der Waals surface area contributed by atoms with Gasteiger partial charge < -0.3 is 9.84 Å². The quantitative estimate of drug-likeness (QED) is 0.934. The van der Waals surface area contributed by atoms with Gasteiger partial charge in [-0.25, -0.2) is 0 Å². The van der Waals surface area contributed by atoms with Gasteiger partial charge in [-0.3, -0.25) is 4.79 Å². The predicted molar refractivity (Wildman–Crippen MR) is 64.5 cm³/mol. The zero-order valence-corrected chi connectivity index (χ0v) is 10.5. The summed E-state index contributed by atoms with van der Waals surface area (Å²) < 4.78 is 5.60. The second-order valence-electron chi connectivity index (χ2n) is 3.32. The van der Waals surface area contributed by atoms with Crippen LogP contribution in [-0.2, 0) is 6.42 Å². The number of amides is 1. The van der Waals surface area contributed by atoms with Crippen LogP contribution in [-0.4, -0.2) is 22.6 Å². The largest absolute Gasteiger partial charge is 0.351 e. The molecule has 0 aliphatic heterocycles. The second-order valence-corrected chi connectivity index (χ2v) is 4.18. The molecular weight excluding hydrogens is 286 g/mol. The first kappa shape index (κ1) is 11.8. The first-order valence-electron chi connectivity index (χ1n) is 5.05. The summed E-state index contributed by atoms with van der Waals surface area (Å²) in [6, 6.07) is 7.26. The monoisotopic (exact) mass is 295 g/mol. The molecule has 6 heteroatoms. The van der Waals surface area contributed by atoms with E-state index in [9.17, 15) is 4.79 Å². The van der Waals surface area contributed by atoms with Gasteiger partial charge in [0.05, 0.1) is 5.56 Å². The normalized spacial score (nSPS) is 10.2. The number of aromatic nitrogens is 2. The van der Waals surface area contributed by atoms with Crippen LogP contribution >= 0.6 is 15.9 Å². The Bertz CT molecular complexity index is 499. The molecule has 0 aliphatic rings. The first-order valence-corrected chi connectivity index (χ1v) is 5.85. The van der Waals surface area contributed by atoms with Crippen molar-refractivity contribution in [1.82, 2.24) is 15.5 Å². The SMILES string of the molecule is O=C(NCCc1ncno1)c1ccccc1Br. The topological polar surface area (TPSA) is 68.0 Å². The lowest BCUT2D eigenvalue weighted by atomic mass is 10.2. The summed E-state index contributed by atoms with van der Waals surface area (Å²) in [4.78, 5) is 15.7. The molecule has 2 rings (SSSR count). The van der Waals surface area contributed by atoms with Crippen molar-refractivity contribution >= 4 is 21.8 Å². The molecule has 0 fully saturated rings. The molecule has 1 aromatic carbocycles. The third kappa shape index (κ3) is 3.13. The van der Waals surface area contributed by atoms with Crippen molar-refractivity contribution in [3.63, 3.8) is 0 Å². The van der Waals surface area contributed by atoms with E-state index >= 15 is 0 Å². The summed E-state index contributed by atoms with van der Waals surface area (Å²) in [6.07, 6.45) is 1.86. The smallest absolute Gasteiger partial charge is 0.252 e. The Kier molecular flexibility index (Phi) is 3.87. The molecule has 88 valence electrons. The Hall–Kier alpha value is -1.69. The summed E-state index contributed by atoms with van der Waals surface area (Å²) in [5.41, 5.74) is 0.609.